The number of nitrogens with zero attached hydrogens (tertiary/aromatic N) is 1. The summed E-state index contributed by atoms with van der Waals surface area (Å²) in [5.74, 6) is -2.24. The number of carboxylic acid groups (broad SMARTS) is 1. The van der Waals surface area contributed by atoms with E-state index in [-0.39, 0.29) is 5.91 Å². The van der Waals surface area contributed by atoms with Crippen LogP contribution in [0.4, 0.5) is 19.0 Å². The van der Waals surface area contributed by atoms with Crippen LogP contribution in [0.3, 0.4) is 0 Å². The number of H-pyrrole nitrogens is 1. The molecule has 0 bridgehead atoms. The standard InChI is InChI=1S/C14H18N4O.C2HF3O2/c1-10-8-13(18-17-10)16-14(19)7-6-11-4-2-3-5-12(11)9-15;3-2(4,5)1(6)7/h2-5,8H,6-7,9,15H2,1H3,(H2,16,17,18,19);(H,6,7). The van der Waals surface area contributed by atoms with Gasteiger partial charge in [-0.25, -0.2) is 4.79 Å². The molecule has 0 aliphatic rings. The number of anilines is 1. The highest BCUT2D eigenvalue weighted by molar-refractivity contribution is 5.89. The first kappa shape index (κ1) is 21.2. The van der Waals surface area contributed by atoms with Gasteiger partial charge in [0.2, 0.25) is 5.91 Å². The topological polar surface area (TPSA) is 121 Å². The Morgan fingerprint density at radius 2 is 1.85 bits per heavy atom. The maximum atomic E-state index is 11.8. The minimum absolute atomic E-state index is 0.0432. The van der Waals surface area contributed by atoms with Gasteiger partial charge < -0.3 is 16.2 Å². The molecule has 0 aliphatic heterocycles. The Kier molecular flexibility index (Phi) is 7.78. The number of rotatable bonds is 5. The molecule has 10 heteroatoms. The van der Waals surface area contributed by atoms with Crippen LogP contribution in [0.2, 0.25) is 0 Å². The maximum Gasteiger partial charge on any atom is 0.490 e. The van der Waals surface area contributed by atoms with Gasteiger partial charge >= 0.3 is 12.1 Å². The lowest BCUT2D eigenvalue weighted by Gasteiger charge is -2.07. The Hall–Kier alpha value is -2.88. The van der Waals surface area contributed by atoms with E-state index < -0.39 is 12.1 Å². The van der Waals surface area contributed by atoms with E-state index in [9.17, 15) is 18.0 Å². The van der Waals surface area contributed by atoms with E-state index in [4.69, 9.17) is 15.6 Å². The molecule has 26 heavy (non-hydrogen) atoms. The molecule has 2 rings (SSSR count). The summed E-state index contributed by atoms with van der Waals surface area (Å²) in [5.41, 5.74) is 8.80. The van der Waals surface area contributed by atoms with Crippen LogP contribution in [-0.2, 0) is 22.6 Å². The van der Waals surface area contributed by atoms with Crippen molar-refractivity contribution in [3.05, 3.63) is 47.2 Å². The molecule has 0 aliphatic carbocycles. The van der Waals surface area contributed by atoms with Crippen molar-refractivity contribution in [2.45, 2.75) is 32.5 Å². The van der Waals surface area contributed by atoms with Gasteiger partial charge in [0.25, 0.3) is 0 Å². The molecule has 1 amide bonds. The Morgan fingerprint density at radius 1 is 1.27 bits per heavy atom. The number of halogens is 3. The third-order valence-electron chi connectivity index (χ3n) is 3.18. The molecule has 1 aromatic heterocycles. The number of aryl methyl sites for hydroxylation is 2. The molecule has 1 aromatic carbocycles. The predicted octanol–water partition coefficient (Wildman–Crippen LogP) is 2.38. The predicted molar refractivity (Wildman–Crippen MR) is 88.3 cm³/mol. The van der Waals surface area contributed by atoms with E-state index in [2.05, 4.69) is 15.5 Å². The van der Waals surface area contributed by atoms with Crippen molar-refractivity contribution < 1.29 is 27.9 Å². The number of alkyl halides is 3. The minimum atomic E-state index is -5.08. The van der Waals surface area contributed by atoms with Crippen LogP contribution in [0.5, 0.6) is 0 Å². The van der Waals surface area contributed by atoms with Crippen molar-refractivity contribution >= 4 is 17.7 Å². The van der Waals surface area contributed by atoms with Crippen molar-refractivity contribution in [2.75, 3.05) is 5.32 Å². The lowest BCUT2D eigenvalue weighted by atomic mass is 10.0. The first-order valence-electron chi connectivity index (χ1n) is 7.52. The third-order valence-corrected chi connectivity index (χ3v) is 3.18. The number of benzene rings is 1. The normalized spacial score (nSPS) is 10.7. The summed E-state index contributed by atoms with van der Waals surface area (Å²) >= 11 is 0. The Balaban J connectivity index is 0.000000412. The summed E-state index contributed by atoms with van der Waals surface area (Å²) in [5, 5.41) is 16.6. The Morgan fingerprint density at radius 3 is 2.31 bits per heavy atom. The van der Waals surface area contributed by atoms with E-state index >= 15 is 0 Å². The SMILES string of the molecule is Cc1cc(NC(=O)CCc2ccccc2CN)n[nH]1.O=C(O)C(F)(F)F. The molecule has 0 spiro atoms. The number of hydrogen-bond donors (Lipinski definition) is 4. The molecule has 5 N–H and O–H groups in total. The molecule has 0 unspecified atom stereocenters. The van der Waals surface area contributed by atoms with Crippen LogP contribution in [0.25, 0.3) is 0 Å². The minimum Gasteiger partial charge on any atom is -0.475 e. The van der Waals surface area contributed by atoms with Crippen molar-refractivity contribution in [1.82, 2.24) is 10.2 Å². The van der Waals surface area contributed by atoms with Gasteiger partial charge in [0.1, 0.15) is 0 Å². The summed E-state index contributed by atoms with van der Waals surface area (Å²) in [6.45, 7) is 2.39. The van der Waals surface area contributed by atoms with Crippen molar-refractivity contribution in [1.29, 1.82) is 0 Å². The third kappa shape index (κ3) is 7.34. The largest absolute Gasteiger partial charge is 0.490 e. The smallest absolute Gasteiger partial charge is 0.475 e. The molecule has 142 valence electrons. The summed E-state index contributed by atoms with van der Waals surface area (Å²) in [6.07, 6.45) is -3.98. The number of nitrogens with one attached hydrogen (secondary N) is 2. The van der Waals surface area contributed by atoms with Crippen molar-refractivity contribution in [2.24, 2.45) is 5.73 Å². The van der Waals surface area contributed by atoms with Gasteiger partial charge in [-0.1, -0.05) is 24.3 Å². The number of carboxylic acids is 1. The fourth-order valence-electron chi connectivity index (χ4n) is 1.94. The highest BCUT2D eigenvalue weighted by atomic mass is 19.4. The maximum absolute atomic E-state index is 11.8. The van der Waals surface area contributed by atoms with Crippen LogP contribution >= 0.6 is 0 Å². The fraction of sp³-hybridized carbons (Fsp3) is 0.312. The zero-order chi connectivity index (χ0) is 19.7. The quantitative estimate of drug-likeness (QED) is 0.642. The van der Waals surface area contributed by atoms with Gasteiger partial charge in [-0.2, -0.15) is 18.3 Å². The number of carbonyl (C=O) groups excluding carboxylic acids is 1. The molecule has 0 radical (unpaired) electrons. The fourth-order valence-corrected chi connectivity index (χ4v) is 1.94. The van der Waals surface area contributed by atoms with E-state index in [1.54, 1.807) is 6.07 Å². The van der Waals surface area contributed by atoms with Gasteiger partial charge in [-0.3, -0.25) is 9.89 Å². The number of amides is 1. The number of aromatic nitrogens is 2. The van der Waals surface area contributed by atoms with Gasteiger partial charge in [-0.05, 0) is 24.5 Å². The second-order valence-corrected chi connectivity index (χ2v) is 5.26. The molecular formula is C16H19F3N4O3. The first-order valence-corrected chi connectivity index (χ1v) is 7.52. The van der Waals surface area contributed by atoms with Crippen molar-refractivity contribution in [3.8, 4) is 0 Å². The van der Waals surface area contributed by atoms with Crippen molar-refractivity contribution in [3.63, 3.8) is 0 Å². The number of nitrogens with two attached hydrogens (primary N) is 1. The zero-order valence-corrected chi connectivity index (χ0v) is 13.9. The number of aliphatic carboxylic acids is 1. The van der Waals surface area contributed by atoms with E-state index in [0.717, 1.165) is 16.8 Å². The lowest BCUT2D eigenvalue weighted by molar-refractivity contribution is -0.192. The molecule has 0 atom stereocenters. The Labute approximate surface area is 147 Å². The van der Waals surface area contributed by atoms with Crippen LogP contribution in [0.15, 0.2) is 30.3 Å². The molecule has 7 nitrogen and oxygen atoms in total. The summed E-state index contributed by atoms with van der Waals surface area (Å²) in [4.78, 5) is 20.7. The van der Waals surface area contributed by atoms with Gasteiger partial charge in [0.05, 0.1) is 0 Å². The number of hydrogen-bond acceptors (Lipinski definition) is 4. The monoisotopic (exact) mass is 372 g/mol. The molecule has 2 aromatic rings. The van der Waals surface area contributed by atoms with Crippen LogP contribution in [0.1, 0.15) is 23.2 Å². The van der Waals surface area contributed by atoms with E-state index in [0.29, 0.717) is 25.2 Å². The zero-order valence-electron chi connectivity index (χ0n) is 13.9. The second kappa shape index (κ2) is 9.56. The van der Waals surface area contributed by atoms with E-state index in [1.807, 2.05) is 31.2 Å². The highest BCUT2D eigenvalue weighted by Gasteiger charge is 2.38. The summed E-state index contributed by atoms with van der Waals surface area (Å²) in [6, 6.07) is 9.71. The number of aromatic amines is 1. The van der Waals surface area contributed by atoms with Crippen LogP contribution < -0.4 is 11.1 Å². The average molecular weight is 372 g/mol. The van der Waals surface area contributed by atoms with Gasteiger partial charge in [-0.15, -0.1) is 0 Å². The lowest BCUT2D eigenvalue weighted by Crippen LogP contribution is -2.21. The van der Waals surface area contributed by atoms with Gasteiger partial charge in [0, 0.05) is 24.7 Å². The van der Waals surface area contributed by atoms with Gasteiger partial charge in [0.15, 0.2) is 5.82 Å². The molecule has 0 saturated carbocycles. The molecule has 0 fully saturated rings. The van der Waals surface area contributed by atoms with Crippen LogP contribution in [-0.4, -0.2) is 33.4 Å². The summed E-state index contributed by atoms with van der Waals surface area (Å²) in [7, 11) is 0. The van der Waals surface area contributed by atoms with Crippen LogP contribution in [0, 0.1) is 6.92 Å². The second-order valence-electron chi connectivity index (χ2n) is 5.26. The number of carbonyl (C=O) groups is 2. The first-order chi connectivity index (χ1) is 12.1. The molecule has 1 heterocycles. The summed E-state index contributed by atoms with van der Waals surface area (Å²) < 4.78 is 31.7. The molecule has 0 saturated heterocycles. The average Bonchev–Trinajstić information content (AvgIpc) is 2.97. The molecular weight excluding hydrogens is 353 g/mol. The van der Waals surface area contributed by atoms with E-state index in [1.165, 1.54) is 0 Å². The highest BCUT2D eigenvalue weighted by Crippen LogP contribution is 2.13. The Bertz CT molecular complexity index is 744.